The summed E-state index contributed by atoms with van der Waals surface area (Å²) in [6.45, 7) is 0. The molecule has 3 atom stereocenters. The van der Waals surface area contributed by atoms with E-state index in [1.54, 1.807) is 17.2 Å². The number of para-hydroxylation sites is 1. The molecule has 2 aliphatic heterocycles. The van der Waals surface area contributed by atoms with Gasteiger partial charge >= 0.3 is 0 Å². The average molecular weight is 478 g/mol. The molecule has 0 spiro atoms. The second-order valence-electron chi connectivity index (χ2n) is 8.10. The van der Waals surface area contributed by atoms with Gasteiger partial charge in [0.05, 0.1) is 38.7 Å². The molecular weight excluding hydrogens is 455 g/mol. The van der Waals surface area contributed by atoms with Gasteiger partial charge < -0.3 is 14.2 Å². The molecule has 0 saturated carbocycles. The number of methoxy groups -OCH3 is 3. The van der Waals surface area contributed by atoms with Crippen LogP contribution in [0.15, 0.2) is 66.7 Å². The Morgan fingerprint density at radius 3 is 2.00 bits per heavy atom. The van der Waals surface area contributed by atoms with Crippen LogP contribution in [0.3, 0.4) is 0 Å². The van der Waals surface area contributed by atoms with E-state index >= 15 is 0 Å². The van der Waals surface area contributed by atoms with E-state index in [1.165, 1.54) is 45.6 Å². The van der Waals surface area contributed by atoms with E-state index in [0.717, 1.165) is 4.90 Å². The van der Waals surface area contributed by atoms with Crippen LogP contribution in [0.4, 0.5) is 15.8 Å². The van der Waals surface area contributed by atoms with Gasteiger partial charge in [0.1, 0.15) is 11.7 Å². The number of carbonyl (C=O) groups excluding carboxylic acids is 2. The lowest BCUT2D eigenvalue weighted by molar-refractivity contribution is -0.126. The Morgan fingerprint density at radius 1 is 0.800 bits per heavy atom. The molecular formula is C26H23FN2O6. The highest BCUT2D eigenvalue weighted by atomic mass is 19.1. The number of hydrogen-bond acceptors (Lipinski definition) is 7. The molecule has 0 N–H and O–H groups in total. The minimum Gasteiger partial charge on any atom is -0.493 e. The fourth-order valence-corrected chi connectivity index (χ4v) is 4.67. The molecule has 3 aromatic carbocycles. The zero-order chi connectivity index (χ0) is 24.7. The number of nitrogens with zero attached hydrogens (tertiary/aromatic N) is 2. The van der Waals surface area contributed by atoms with Crippen molar-refractivity contribution in [3.05, 3.63) is 78.1 Å². The fraction of sp³-hybridized carbons (Fsp3) is 0.231. The van der Waals surface area contributed by atoms with Gasteiger partial charge in [0.25, 0.3) is 5.91 Å². The van der Waals surface area contributed by atoms with Crippen LogP contribution in [0.2, 0.25) is 0 Å². The molecule has 2 saturated heterocycles. The molecule has 2 amide bonds. The highest BCUT2D eigenvalue weighted by Crippen LogP contribution is 2.50. The Bertz CT molecular complexity index is 1240. The molecule has 2 fully saturated rings. The normalized spacial score (nSPS) is 21.3. The fourth-order valence-electron chi connectivity index (χ4n) is 4.67. The largest absolute Gasteiger partial charge is 0.493 e. The first kappa shape index (κ1) is 22.7. The summed E-state index contributed by atoms with van der Waals surface area (Å²) in [6.07, 6.45) is -1.06. The molecule has 180 valence electrons. The van der Waals surface area contributed by atoms with Crippen LogP contribution in [0.25, 0.3) is 0 Å². The van der Waals surface area contributed by atoms with Crippen molar-refractivity contribution in [3.8, 4) is 17.2 Å². The quantitative estimate of drug-likeness (QED) is 0.498. The Kier molecular flexibility index (Phi) is 5.78. The Balaban J connectivity index is 1.64. The van der Waals surface area contributed by atoms with Crippen molar-refractivity contribution in [1.29, 1.82) is 0 Å². The lowest BCUT2D eigenvalue weighted by atomic mass is 9.90. The highest BCUT2D eigenvalue weighted by Gasteiger charge is 2.60. The molecule has 3 aromatic rings. The molecule has 2 heterocycles. The number of fused-ring (bicyclic) bond motifs is 1. The molecule has 0 aliphatic carbocycles. The maximum atomic E-state index is 13.7. The minimum absolute atomic E-state index is 0.286. The molecule has 0 aromatic heterocycles. The number of carbonyl (C=O) groups is 2. The van der Waals surface area contributed by atoms with E-state index in [-0.39, 0.29) is 5.69 Å². The van der Waals surface area contributed by atoms with Gasteiger partial charge in [-0.25, -0.2) is 14.4 Å². The van der Waals surface area contributed by atoms with E-state index in [9.17, 15) is 14.0 Å². The average Bonchev–Trinajstić information content (AvgIpc) is 3.40. The van der Waals surface area contributed by atoms with E-state index in [0.29, 0.717) is 28.5 Å². The van der Waals surface area contributed by atoms with Crippen LogP contribution in [0.1, 0.15) is 11.6 Å². The molecule has 9 heteroatoms. The standard InChI is InChI=1S/C26H23FN2O6/c1-32-19-13-15(14-20(33-2)23(19)34-3)22-21-24(35-29(22)18-7-5-4-6-8-18)26(31)28(25(21)30)17-11-9-16(27)10-12-17/h4-14,21-22,24H,1-3H3/t21-,22-,24+/m1/s1. The molecule has 0 bridgehead atoms. The Hall–Kier alpha value is -4.11. The van der Waals surface area contributed by atoms with Gasteiger partial charge in [-0.3, -0.25) is 14.4 Å². The van der Waals surface area contributed by atoms with Crippen molar-refractivity contribution in [1.82, 2.24) is 0 Å². The Morgan fingerprint density at radius 2 is 1.43 bits per heavy atom. The topological polar surface area (TPSA) is 77.5 Å². The third-order valence-corrected chi connectivity index (χ3v) is 6.24. The molecule has 8 nitrogen and oxygen atoms in total. The summed E-state index contributed by atoms with van der Waals surface area (Å²) in [5.74, 6) is -1.06. The van der Waals surface area contributed by atoms with Gasteiger partial charge in [-0.1, -0.05) is 18.2 Å². The van der Waals surface area contributed by atoms with Crippen LogP contribution in [-0.2, 0) is 14.4 Å². The number of rotatable bonds is 6. The maximum Gasteiger partial charge on any atom is 0.266 e. The number of amides is 2. The molecule has 35 heavy (non-hydrogen) atoms. The van der Waals surface area contributed by atoms with Gasteiger partial charge in [0.2, 0.25) is 11.7 Å². The number of halogens is 1. The first-order chi connectivity index (χ1) is 17.0. The molecule has 2 aliphatic rings. The van der Waals surface area contributed by atoms with Gasteiger partial charge in [0, 0.05) is 0 Å². The first-order valence-electron chi connectivity index (χ1n) is 10.9. The second-order valence-corrected chi connectivity index (χ2v) is 8.10. The van der Waals surface area contributed by atoms with Crippen molar-refractivity contribution in [2.24, 2.45) is 5.92 Å². The van der Waals surface area contributed by atoms with Crippen LogP contribution in [0, 0.1) is 11.7 Å². The lowest BCUT2D eigenvalue weighted by Crippen LogP contribution is -2.37. The monoisotopic (exact) mass is 478 g/mol. The first-order valence-corrected chi connectivity index (χ1v) is 10.9. The molecule has 0 radical (unpaired) electrons. The maximum absolute atomic E-state index is 13.7. The molecule has 5 rings (SSSR count). The summed E-state index contributed by atoms with van der Waals surface area (Å²) >= 11 is 0. The number of benzene rings is 3. The summed E-state index contributed by atoms with van der Waals surface area (Å²) in [4.78, 5) is 34.3. The second kappa shape index (κ2) is 8.92. The van der Waals surface area contributed by atoms with E-state index in [1.807, 2.05) is 30.3 Å². The smallest absolute Gasteiger partial charge is 0.266 e. The number of hydroxylamine groups is 1. The van der Waals surface area contributed by atoms with Crippen LogP contribution in [-0.4, -0.2) is 39.2 Å². The summed E-state index contributed by atoms with van der Waals surface area (Å²) in [5, 5.41) is 1.58. The minimum atomic E-state index is -1.06. The van der Waals surface area contributed by atoms with E-state index in [2.05, 4.69) is 0 Å². The number of hydrogen-bond donors (Lipinski definition) is 0. The number of imide groups is 1. The van der Waals surface area contributed by atoms with Gasteiger partial charge in [-0.2, -0.15) is 0 Å². The van der Waals surface area contributed by atoms with E-state index in [4.69, 9.17) is 19.0 Å². The summed E-state index contributed by atoms with van der Waals surface area (Å²) in [7, 11) is 4.51. The van der Waals surface area contributed by atoms with Crippen LogP contribution < -0.4 is 24.2 Å². The third-order valence-electron chi connectivity index (χ3n) is 6.24. The zero-order valence-corrected chi connectivity index (χ0v) is 19.3. The zero-order valence-electron chi connectivity index (χ0n) is 19.3. The van der Waals surface area contributed by atoms with Crippen molar-refractivity contribution in [3.63, 3.8) is 0 Å². The Labute approximate surface area is 201 Å². The van der Waals surface area contributed by atoms with Gasteiger partial charge in [-0.05, 0) is 54.1 Å². The third kappa shape index (κ3) is 3.64. The number of anilines is 2. The number of ether oxygens (including phenoxy) is 3. The predicted octanol–water partition coefficient (Wildman–Crippen LogP) is 3.90. The summed E-state index contributed by atoms with van der Waals surface area (Å²) < 4.78 is 30.0. The van der Waals surface area contributed by atoms with Crippen LogP contribution in [0.5, 0.6) is 17.2 Å². The van der Waals surface area contributed by atoms with Crippen molar-refractivity contribution < 1.29 is 33.0 Å². The van der Waals surface area contributed by atoms with Gasteiger partial charge in [-0.15, -0.1) is 0 Å². The lowest BCUT2D eigenvalue weighted by Gasteiger charge is -2.29. The molecule has 0 unspecified atom stereocenters. The SMILES string of the molecule is COc1cc([C@@H]2[C@H]3C(=O)N(c4ccc(F)cc4)C(=O)[C@H]3ON2c2ccccc2)cc(OC)c1OC. The van der Waals surface area contributed by atoms with Crippen molar-refractivity contribution in [2.75, 3.05) is 31.3 Å². The van der Waals surface area contributed by atoms with Crippen LogP contribution >= 0.6 is 0 Å². The van der Waals surface area contributed by atoms with Gasteiger partial charge in [0.15, 0.2) is 17.6 Å². The van der Waals surface area contributed by atoms with E-state index < -0.39 is 35.7 Å². The summed E-state index contributed by atoms with van der Waals surface area (Å²) in [5.41, 5.74) is 1.60. The highest BCUT2D eigenvalue weighted by molar-refractivity contribution is 6.23. The van der Waals surface area contributed by atoms with Crippen molar-refractivity contribution >= 4 is 23.2 Å². The van der Waals surface area contributed by atoms with Crippen molar-refractivity contribution in [2.45, 2.75) is 12.1 Å². The summed E-state index contributed by atoms with van der Waals surface area (Å²) in [6, 6.07) is 17.2. The predicted molar refractivity (Wildman–Crippen MR) is 125 cm³/mol.